The van der Waals surface area contributed by atoms with Crippen molar-refractivity contribution in [3.8, 4) is 122 Å². The highest BCUT2D eigenvalue weighted by molar-refractivity contribution is 6.27. The number of anilines is 6. The van der Waals surface area contributed by atoms with Crippen LogP contribution in [0.15, 0.2) is 582 Å². The van der Waals surface area contributed by atoms with Crippen LogP contribution in [0.3, 0.4) is 0 Å². The van der Waals surface area contributed by atoms with E-state index in [1.807, 2.05) is 0 Å². The van der Waals surface area contributed by atoms with Gasteiger partial charge < -0.3 is 9.80 Å². The van der Waals surface area contributed by atoms with Gasteiger partial charge in [0.15, 0.2) is 0 Å². The highest BCUT2D eigenvalue weighted by Gasteiger charge is 2.49. The van der Waals surface area contributed by atoms with E-state index in [1.54, 1.807) is 0 Å². The molecule has 26 aromatic rings. The molecule has 0 spiro atoms. The second kappa shape index (κ2) is 36.1. The van der Waals surface area contributed by atoms with Gasteiger partial charge in [-0.3, -0.25) is 0 Å². The van der Waals surface area contributed by atoms with Crippen molar-refractivity contribution >= 4 is 98.8 Å². The average Bonchev–Trinajstić information content (AvgIpc) is 1.56. The molecule has 0 aliphatic heterocycles. The van der Waals surface area contributed by atoms with Crippen LogP contribution in [0, 0.1) is 0 Å². The summed E-state index contributed by atoms with van der Waals surface area (Å²) in [6.45, 7) is 0. The van der Waals surface area contributed by atoms with Crippen molar-refractivity contribution in [2.24, 2.45) is 0 Å². The van der Waals surface area contributed by atoms with E-state index in [-0.39, 0.29) is 0 Å². The number of fused-ring (bicyclic) bond motifs is 14. The molecule has 26 aromatic carbocycles. The van der Waals surface area contributed by atoms with Crippen molar-refractivity contribution in [1.82, 2.24) is 0 Å². The molecule has 148 heavy (non-hydrogen) atoms. The Labute approximate surface area is 862 Å². The van der Waals surface area contributed by atoms with Crippen LogP contribution in [-0.4, -0.2) is 0 Å². The zero-order valence-electron chi connectivity index (χ0n) is 81.3. The van der Waals surface area contributed by atoms with Crippen molar-refractivity contribution < 1.29 is 0 Å². The molecule has 1 atom stereocenters. The first-order valence-corrected chi connectivity index (χ1v) is 51.4. The molecule has 0 aromatic heterocycles. The van der Waals surface area contributed by atoms with Crippen LogP contribution in [-0.2, 0) is 10.8 Å². The van der Waals surface area contributed by atoms with E-state index in [1.165, 1.54) is 171 Å². The second-order valence-electron chi connectivity index (χ2n) is 39.4. The molecular weight excluding hydrogens is 1780 g/mol. The Hall–Kier alpha value is -19.1. The van der Waals surface area contributed by atoms with Crippen LogP contribution < -0.4 is 9.80 Å². The van der Waals surface area contributed by atoms with E-state index in [0.29, 0.717) is 0 Å². The molecule has 0 N–H and O–H groups in total. The largest absolute Gasteiger partial charge is 0.309 e. The molecule has 690 valence electrons. The van der Waals surface area contributed by atoms with Gasteiger partial charge in [0.1, 0.15) is 0 Å². The number of hydrogen-bond donors (Lipinski definition) is 0. The third-order valence-corrected chi connectivity index (χ3v) is 31.6. The molecule has 2 nitrogen and oxygen atoms in total. The highest BCUT2D eigenvalue weighted by atomic mass is 15.2. The van der Waals surface area contributed by atoms with Gasteiger partial charge in [0.05, 0.1) is 22.2 Å². The fourth-order valence-corrected chi connectivity index (χ4v) is 25.0. The fraction of sp³-hybridized carbons (Fsp3) is 0.0137. The van der Waals surface area contributed by atoms with Gasteiger partial charge in [0.25, 0.3) is 0 Å². The van der Waals surface area contributed by atoms with E-state index in [4.69, 9.17) is 0 Å². The molecule has 0 saturated carbocycles. The number of rotatable bonds is 19. The van der Waals surface area contributed by atoms with Gasteiger partial charge in [-0.05, 0) is 282 Å². The summed E-state index contributed by atoms with van der Waals surface area (Å²) in [5.74, 6) is 0. The van der Waals surface area contributed by atoms with Gasteiger partial charge >= 0.3 is 0 Å². The van der Waals surface area contributed by atoms with Gasteiger partial charge in [-0.15, -0.1) is 0 Å². The Morgan fingerprint density at radius 1 is 0.122 bits per heavy atom. The quantitative estimate of drug-likeness (QED) is 0.0745. The topological polar surface area (TPSA) is 6.48 Å². The van der Waals surface area contributed by atoms with Gasteiger partial charge in [0.2, 0.25) is 0 Å². The number of nitrogens with zero attached hydrogens (tertiary/aromatic N) is 2. The summed E-state index contributed by atoms with van der Waals surface area (Å²) in [6, 6.07) is 218. The van der Waals surface area contributed by atoms with Gasteiger partial charge in [0, 0.05) is 44.6 Å². The predicted molar refractivity (Wildman–Crippen MR) is 624 cm³/mol. The minimum Gasteiger partial charge on any atom is -0.309 e. The van der Waals surface area contributed by atoms with E-state index in [9.17, 15) is 0 Å². The van der Waals surface area contributed by atoms with E-state index in [0.717, 1.165) is 95.0 Å². The smallest absolute Gasteiger partial charge is 0.0713 e. The number of benzene rings is 26. The second-order valence-corrected chi connectivity index (χ2v) is 39.4. The lowest BCUT2D eigenvalue weighted by atomic mass is 9.67. The van der Waals surface area contributed by atoms with Crippen LogP contribution in [0.2, 0.25) is 0 Å². The lowest BCUT2D eigenvalue weighted by molar-refractivity contribution is 0.768. The van der Waals surface area contributed by atoms with Crippen LogP contribution >= 0.6 is 0 Å². The molecule has 0 heterocycles. The van der Waals surface area contributed by atoms with Gasteiger partial charge in [-0.2, -0.15) is 0 Å². The molecule has 0 amide bonds. The van der Waals surface area contributed by atoms with Gasteiger partial charge in [-0.25, -0.2) is 0 Å². The third-order valence-electron chi connectivity index (χ3n) is 31.6. The van der Waals surface area contributed by atoms with E-state index < -0.39 is 10.8 Å². The Morgan fingerprint density at radius 2 is 0.385 bits per heavy atom. The maximum atomic E-state index is 2.58. The summed E-state index contributed by atoms with van der Waals surface area (Å²) in [5.41, 5.74) is 40.6. The first-order valence-electron chi connectivity index (χ1n) is 51.4. The fourth-order valence-electron chi connectivity index (χ4n) is 25.0. The molecule has 2 heteroatoms. The molecule has 2 aliphatic carbocycles. The molecule has 1 unspecified atom stereocenters. The molecule has 0 saturated heterocycles. The molecule has 28 rings (SSSR count). The van der Waals surface area contributed by atoms with Crippen LogP contribution in [0.5, 0.6) is 0 Å². The lowest BCUT2D eigenvalue weighted by Crippen LogP contribution is -2.28. The normalized spacial score (nSPS) is 13.2. The van der Waals surface area contributed by atoms with E-state index >= 15 is 0 Å². The standard InChI is InChI=1S/C146H96N2/c1-7-37-97(38-8-1)107-79-88-121(103-41-11-3-12-42-103)134(94-107)106-77-84-116(85-78-106)148(144-133-64-30-26-58-125(133)123-56-24-28-62-131(123)142(144)129-66-36-46-105-44-20-22-54-120(105)129)118-87-90-140-136(96-118)127-60-32-34-68-138(127)146(140,113-51-17-6-18-52-113)114-80-73-100(74-81-114)99-69-71-101(72-70-99)109-91-108(98-39-9-2-10-40-98)92-110(93-109)102-75-82-115(83-76-102)147(143-132-63-29-25-57-124(132)122-55-23-27-61-130(122)141(143)128-65-35-45-104-43-19-21-53-119(104)128)117-86-89-139-135(95-117)126-59-31-33-67-137(126)145(139,111-47-13-4-14-48-111)112-49-15-5-16-50-112/h1-96H. The Kier molecular flexibility index (Phi) is 21.1. The zero-order chi connectivity index (χ0) is 97.7. The van der Waals surface area contributed by atoms with Crippen LogP contribution in [0.1, 0.15) is 44.5 Å². The maximum Gasteiger partial charge on any atom is 0.0713 e. The molecule has 2 aliphatic rings. The van der Waals surface area contributed by atoms with Gasteiger partial charge in [-0.1, -0.05) is 510 Å². The SMILES string of the molecule is c1ccc(-c2cc(-c3ccc(-c4ccc(C5(c6ccccc6)c6ccccc6-c6cc(N(c7ccc(-c8cc(-c9ccccc9)ccc8-c8ccccc8)cc7)c7c(-c8cccc9ccccc89)c8ccccc8c8ccccc78)ccc65)cc4)cc3)cc(-c3ccc(N(c4ccc5c(c4)-c4ccccc4C5(c4ccccc4)c4ccccc4)c4c(-c5cccc6ccccc56)c5ccccc5c5ccccc45)cc3)c2)cc1. The van der Waals surface area contributed by atoms with Crippen LogP contribution in [0.4, 0.5) is 34.1 Å². The van der Waals surface area contributed by atoms with Crippen LogP contribution in [0.25, 0.3) is 187 Å². The summed E-state index contributed by atoms with van der Waals surface area (Å²) in [6.07, 6.45) is 0. The Balaban J connectivity index is 0.564. The molecular formula is C146H96N2. The van der Waals surface area contributed by atoms with Crippen molar-refractivity contribution in [2.45, 2.75) is 10.8 Å². The minimum absolute atomic E-state index is 0.576. The van der Waals surface area contributed by atoms with Crippen molar-refractivity contribution in [3.63, 3.8) is 0 Å². The first-order chi connectivity index (χ1) is 73.4. The maximum absolute atomic E-state index is 2.58. The van der Waals surface area contributed by atoms with Crippen molar-refractivity contribution in [1.29, 1.82) is 0 Å². The minimum atomic E-state index is -0.708. The predicted octanol–water partition coefficient (Wildman–Crippen LogP) is 39.3. The summed E-state index contributed by atoms with van der Waals surface area (Å²) in [4.78, 5) is 5.16. The Morgan fingerprint density at radius 3 is 0.804 bits per heavy atom. The summed E-state index contributed by atoms with van der Waals surface area (Å²) in [7, 11) is 0. The van der Waals surface area contributed by atoms with Crippen molar-refractivity contribution in [3.05, 3.63) is 627 Å². The summed E-state index contributed by atoms with van der Waals surface area (Å²) < 4.78 is 0. The lowest BCUT2D eigenvalue weighted by Gasteiger charge is -2.35. The van der Waals surface area contributed by atoms with Crippen molar-refractivity contribution in [2.75, 3.05) is 9.80 Å². The summed E-state index contributed by atoms with van der Waals surface area (Å²) >= 11 is 0. The molecule has 0 radical (unpaired) electrons. The summed E-state index contributed by atoms with van der Waals surface area (Å²) in [5, 5.41) is 14.3. The number of hydrogen-bond acceptors (Lipinski definition) is 2. The monoisotopic (exact) mass is 1880 g/mol. The Bertz CT molecular complexity index is 9610. The third kappa shape index (κ3) is 14.2. The first kappa shape index (κ1) is 86.7. The molecule has 0 bridgehead atoms. The highest BCUT2D eigenvalue weighted by Crippen LogP contribution is 2.62. The average molecular weight is 1880 g/mol. The zero-order valence-corrected chi connectivity index (χ0v) is 81.3. The molecule has 0 fully saturated rings. The van der Waals surface area contributed by atoms with E-state index in [2.05, 4.69) is 592 Å².